The maximum absolute atomic E-state index is 13.8. The average molecular weight is 629 g/mol. The molecule has 3 aromatic rings. The second kappa shape index (κ2) is 16.8. The number of aryl methyl sites for hydroxylation is 2. The molecule has 1 heterocycles. The molecule has 0 saturated carbocycles. The molecule has 0 aromatic heterocycles. The van der Waals surface area contributed by atoms with Crippen molar-refractivity contribution in [3.8, 4) is 5.75 Å². The second-order valence-electron chi connectivity index (χ2n) is 12.5. The van der Waals surface area contributed by atoms with E-state index in [1.807, 2.05) is 107 Å². The summed E-state index contributed by atoms with van der Waals surface area (Å²) in [5.74, 6) is -0.0570. The third kappa shape index (κ3) is 9.81. The van der Waals surface area contributed by atoms with E-state index < -0.39 is 24.2 Å². The molecule has 0 spiro atoms. The van der Waals surface area contributed by atoms with Crippen LogP contribution in [0.25, 0.3) is 0 Å². The van der Waals surface area contributed by atoms with Crippen molar-refractivity contribution in [1.29, 1.82) is 0 Å². The molecular weight excluding hydrogens is 580 g/mol. The highest BCUT2D eigenvalue weighted by atomic mass is 16.5. The Kier molecular flexibility index (Phi) is 12.6. The molecule has 3 aromatic carbocycles. The van der Waals surface area contributed by atoms with Gasteiger partial charge in [0.25, 0.3) is 5.91 Å². The highest BCUT2D eigenvalue weighted by molar-refractivity contribution is 5.88. The van der Waals surface area contributed by atoms with Crippen LogP contribution in [0.2, 0.25) is 0 Å². The van der Waals surface area contributed by atoms with Gasteiger partial charge in [-0.25, -0.2) is 4.79 Å². The summed E-state index contributed by atoms with van der Waals surface area (Å²) >= 11 is 0. The highest BCUT2D eigenvalue weighted by Gasteiger charge is 2.36. The van der Waals surface area contributed by atoms with Crippen LogP contribution in [0.15, 0.2) is 78.9 Å². The summed E-state index contributed by atoms with van der Waals surface area (Å²) in [5, 5.41) is 20.8. The molecule has 1 aliphatic rings. The minimum Gasteiger partial charge on any atom is -0.483 e. The maximum Gasteiger partial charge on any atom is 0.318 e. The van der Waals surface area contributed by atoms with E-state index in [2.05, 4.69) is 16.0 Å². The number of aliphatic hydroxyl groups excluding tert-OH is 1. The molecule has 0 bridgehead atoms. The number of para-hydroxylation sites is 1. The zero-order chi connectivity index (χ0) is 33.1. The van der Waals surface area contributed by atoms with Crippen molar-refractivity contribution in [1.82, 2.24) is 20.9 Å². The summed E-state index contributed by atoms with van der Waals surface area (Å²) < 4.78 is 5.91. The zero-order valence-corrected chi connectivity index (χ0v) is 27.4. The fourth-order valence-electron chi connectivity index (χ4n) is 6.12. The fraction of sp³-hybridized carbons (Fsp3) is 0.432. The Labute approximate surface area is 272 Å². The number of nitrogens with zero attached hydrogens (tertiary/aromatic N) is 1. The molecular formula is C37H48N4O5. The number of urea groups is 1. The molecule has 1 aliphatic heterocycles. The van der Waals surface area contributed by atoms with Crippen LogP contribution in [-0.2, 0) is 22.4 Å². The normalized spacial score (nSPS) is 15.8. The van der Waals surface area contributed by atoms with Crippen LogP contribution in [0, 0.1) is 19.8 Å². The number of ether oxygens (including phenoxy) is 1. The van der Waals surface area contributed by atoms with Crippen LogP contribution in [-0.4, -0.2) is 71.8 Å². The van der Waals surface area contributed by atoms with Crippen LogP contribution < -0.4 is 20.7 Å². The first-order valence-corrected chi connectivity index (χ1v) is 16.2. The van der Waals surface area contributed by atoms with Gasteiger partial charge >= 0.3 is 6.03 Å². The lowest BCUT2D eigenvalue weighted by atomic mass is 9.92. The molecule has 246 valence electrons. The van der Waals surface area contributed by atoms with Crippen molar-refractivity contribution < 1.29 is 24.2 Å². The van der Waals surface area contributed by atoms with Gasteiger partial charge in [0.05, 0.1) is 12.1 Å². The molecule has 0 radical (unpaired) electrons. The van der Waals surface area contributed by atoms with Gasteiger partial charge in [0, 0.05) is 19.1 Å². The van der Waals surface area contributed by atoms with Crippen molar-refractivity contribution in [3.05, 3.63) is 101 Å². The Morgan fingerprint density at radius 2 is 1.50 bits per heavy atom. The SMILES string of the molecule is Cc1cccc(C)c1OCC(=O)N[C@@H](Cc1ccccc1)C[C@H](O)[C@H](Cc1ccccc1)NC(=O)[C@H](C(C)C)N1CCCNC1=O. The van der Waals surface area contributed by atoms with Gasteiger partial charge in [0.15, 0.2) is 6.61 Å². The first-order valence-electron chi connectivity index (χ1n) is 16.2. The van der Waals surface area contributed by atoms with Crippen molar-refractivity contribution in [3.63, 3.8) is 0 Å². The maximum atomic E-state index is 13.8. The van der Waals surface area contributed by atoms with Gasteiger partial charge in [-0.2, -0.15) is 0 Å². The van der Waals surface area contributed by atoms with Crippen LogP contribution in [0.3, 0.4) is 0 Å². The third-order valence-electron chi connectivity index (χ3n) is 8.41. The van der Waals surface area contributed by atoms with Crippen LogP contribution in [0.5, 0.6) is 5.75 Å². The average Bonchev–Trinajstić information content (AvgIpc) is 3.02. The van der Waals surface area contributed by atoms with Gasteiger partial charge in [-0.3, -0.25) is 9.59 Å². The van der Waals surface area contributed by atoms with Gasteiger partial charge in [-0.05, 0) is 67.7 Å². The van der Waals surface area contributed by atoms with Crippen molar-refractivity contribution in [2.24, 2.45) is 5.92 Å². The monoisotopic (exact) mass is 628 g/mol. The Balaban J connectivity index is 1.52. The molecule has 1 fully saturated rings. The molecule has 1 saturated heterocycles. The number of hydrogen-bond donors (Lipinski definition) is 4. The van der Waals surface area contributed by atoms with Crippen molar-refractivity contribution >= 4 is 17.8 Å². The Morgan fingerprint density at radius 1 is 0.891 bits per heavy atom. The van der Waals surface area contributed by atoms with Gasteiger partial charge in [0.1, 0.15) is 11.8 Å². The highest BCUT2D eigenvalue weighted by Crippen LogP contribution is 2.22. The first kappa shape index (κ1) is 34.5. The van der Waals surface area contributed by atoms with Crippen molar-refractivity contribution in [2.45, 2.75) is 77.6 Å². The Bertz CT molecular complexity index is 1410. The number of amides is 4. The van der Waals surface area contributed by atoms with Crippen LogP contribution >= 0.6 is 0 Å². The molecule has 4 amide bonds. The largest absolute Gasteiger partial charge is 0.483 e. The van der Waals surface area contributed by atoms with E-state index in [0.717, 1.165) is 28.7 Å². The van der Waals surface area contributed by atoms with Crippen LogP contribution in [0.1, 0.15) is 48.9 Å². The zero-order valence-electron chi connectivity index (χ0n) is 27.4. The summed E-state index contributed by atoms with van der Waals surface area (Å²) in [6, 6.07) is 23.3. The number of carbonyl (C=O) groups is 3. The van der Waals surface area contributed by atoms with E-state index in [-0.39, 0.29) is 36.8 Å². The molecule has 4 N–H and O–H groups in total. The second-order valence-corrected chi connectivity index (χ2v) is 12.5. The summed E-state index contributed by atoms with van der Waals surface area (Å²) in [6.45, 7) is 8.63. The Hall–Kier alpha value is -4.37. The Morgan fingerprint density at radius 3 is 2.09 bits per heavy atom. The lowest BCUT2D eigenvalue weighted by Crippen LogP contribution is -2.60. The number of rotatable bonds is 15. The molecule has 4 atom stereocenters. The number of hydrogen-bond acceptors (Lipinski definition) is 5. The smallest absolute Gasteiger partial charge is 0.318 e. The first-order chi connectivity index (χ1) is 22.1. The van der Waals surface area contributed by atoms with Gasteiger partial charge < -0.3 is 30.7 Å². The van der Waals surface area contributed by atoms with E-state index in [4.69, 9.17) is 4.74 Å². The lowest BCUT2D eigenvalue weighted by Gasteiger charge is -2.37. The summed E-state index contributed by atoms with van der Waals surface area (Å²) in [5.41, 5.74) is 3.86. The summed E-state index contributed by atoms with van der Waals surface area (Å²) in [6.07, 6.45) is 0.819. The molecule has 4 rings (SSSR count). The van der Waals surface area contributed by atoms with Gasteiger partial charge in [0.2, 0.25) is 5.91 Å². The fourth-order valence-corrected chi connectivity index (χ4v) is 6.12. The van der Waals surface area contributed by atoms with E-state index in [1.165, 1.54) is 0 Å². The molecule has 9 nitrogen and oxygen atoms in total. The number of aliphatic hydroxyl groups is 1. The predicted molar refractivity (Wildman–Crippen MR) is 180 cm³/mol. The van der Waals surface area contributed by atoms with Crippen molar-refractivity contribution in [2.75, 3.05) is 19.7 Å². The van der Waals surface area contributed by atoms with Gasteiger partial charge in [-0.1, -0.05) is 92.7 Å². The standard InChI is InChI=1S/C37H48N4O5/c1-25(2)34(41-20-12-19-38-37(41)45)36(44)40-31(22-29-17-9-6-10-18-29)32(42)23-30(21-28-15-7-5-8-16-28)39-33(43)24-46-35-26(3)13-11-14-27(35)4/h5-11,13-18,25,30-32,34,42H,12,19-24H2,1-4H3,(H,38,45)(H,39,43)(H,40,44)/t30-,31-,32-,34-/m0/s1. The number of carbonyl (C=O) groups excluding carboxylic acids is 3. The number of nitrogens with one attached hydrogen (secondary N) is 3. The van der Waals surface area contributed by atoms with Crippen LogP contribution in [0.4, 0.5) is 4.79 Å². The predicted octanol–water partition coefficient (Wildman–Crippen LogP) is 4.33. The van der Waals surface area contributed by atoms with E-state index in [0.29, 0.717) is 31.7 Å². The number of benzene rings is 3. The molecule has 46 heavy (non-hydrogen) atoms. The minimum absolute atomic E-state index is 0.139. The summed E-state index contributed by atoms with van der Waals surface area (Å²) in [7, 11) is 0. The van der Waals surface area contributed by atoms with E-state index in [9.17, 15) is 19.5 Å². The quantitative estimate of drug-likeness (QED) is 0.200. The topological polar surface area (TPSA) is 120 Å². The van der Waals surface area contributed by atoms with E-state index in [1.54, 1.807) is 4.90 Å². The van der Waals surface area contributed by atoms with Gasteiger partial charge in [-0.15, -0.1) is 0 Å². The molecule has 0 aliphatic carbocycles. The van der Waals surface area contributed by atoms with E-state index >= 15 is 0 Å². The lowest BCUT2D eigenvalue weighted by molar-refractivity contribution is -0.129. The third-order valence-corrected chi connectivity index (χ3v) is 8.41. The molecule has 0 unspecified atom stereocenters. The summed E-state index contributed by atoms with van der Waals surface area (Å²) in [4.78, 5) is 41.3. The molecule has 9 heteroatoms. The minimum atomic E-state index is -0.999.